The van der Waals surface area contributed by atoms with E-state index >= 15 is 0 Å². The number of carbonyl (C=O) groups is 1. The third-order valence-electron chi connectivity index (χ3n) is 5.88. The Morgan fingerprint density at radius 1 is 1.27 bits per heavy atom. The zero-order chi connectivity index (χ0) is 20.7. The lowest BCUT2D eigenvalue weighted by Gasteiger charge is -2.31. The number of ether oxygens (including phenoxy) is 2. The number of hydrogen-bond acceptors (Lipinski definition) is 5. The number of benzene rings is 2. The lowest BCUT2D eigenvalue weighted by atomic mass is 10.0. The number of nitrogens with one attached hydrogen (secondary N) is 1. The molecule has 3 aliphatic heterocycles. The second-order valence-corrected chi connectivity index (χ2v) is 8.15. The van der Waals surface area contributed by atoms with Gasteiger partial charge in [-0.3, -0.25) is 4.79 Å². The van der Waals surface area contributed by atoms with Crippen LogP contribution in [0.25, 0.3) is 6.08 Å². The quantitative estimate of drug-likeness (QED) is 0.818. The molecule has 6 nitrogen and oxygen atoms in total. The van der Waals surface area contributed by atoms with Gasteiger partial charge in [0, 0.05) is 55.3 Å². The predicted molar refractivity (Wildman–Crippen MR) is 118 cm³/mol. The standard InChI is InChI=1S/C23H24ClN3O3/c1-29-19-6-2-4-15-5-3-9-27(21(15)19)18-14-17(24)12-16-13-20(30-22(16)18)23(28)26-10-7-25-8-11-26/h2-6,12,14,20,25H,7-11,13H2,1H3/t20-/m1/s1. The average Bonchev–Trinajstić information content (AvgIpc) is 3.21. The van der Waals surface area contributed by atoms with E-state index in [-0.39, 0.29) is 5.91 Å². The third-order valence-corrected chi connectivity index (χ3v) is 6.09. The van der Waals surface area contributed by atoms with E-state index in [2.05, 4.69) is 28.4 Å². The molecule has 1 atom stereocenters. The molecule has 156 valence electrons. The van der Waals surface area contributed by atoms with Gasteiger partial charge in [-0.1, -0.05) is 35.9 Å². The molecule has 1 saturated heterocycles. The summed E-state index contributed by atoms with van der Waals surface area (Å²) in [6.45, 7) is 3.73. The summed E-state index contributed by atoms with van der Waals surface area (Å²) < 4.78 is 11.9. The van der Waals surface area contributed by atoms with Crippen LogP contribution in [0.5, 0.6) is 11.5 Å². The van der Waals surface area contributed by atoms with Crippen LogP contribution in [0.2, 0.25) is 5.02 Å². The first-order valence-corrected chi connectivity index (χ1v) is 10.6. The van der Waals surface area contributed by atoms with Gasteiger partial charge in [-0.05, 0) is 18.2 Å². The third kappa shape index (κ3) is 3.30. The summed E-state index contributed by atoms with van der Waals surface area (Å²) in [5.41, 5.74) is 3.88. The van der Waals surface area contributed by atoms with Gasteiger partial charge >= 0.3 is 0 Å². The largest absolute Gasteiger partial charge is 0.495 e. The summed E-state index contributed by atoms with van der Waals surface area (Å²) in [4.78, 5) is 17.1. The molecule has 7 heteroatoms. The van der Waals surface area contributed by atoms with E-state index in [1.165, 1.54) is 0 Å². The van der Waals surface area contributed by atoms with Gasteiger partial charge in [-0.15, -0.1) is 0 Å². The molecule has 0 radical (unpaired) electrons. The molecular weight excluding hydrogens is 402 g/mol. The minimum atomic E-state index is -0.507. The Morgan fingerprint density at radius 3 is 2.90 bits per heavy atom. The Kier molecular flexibility index (Phi) is 5.05. The van der Waals surface area contributed by atoms with Gasteiger partial charge < -0.3 is 24.6 Å². The number of methoxy groups -OCH3 is 1. The van der Waals surface area contributed by atoms with Crippen LogP contribution in [-0.4, -0.2) is 56.7 Å². The molecule has 5 rings (SSSR count). The molecule has 2 aromatic rings. The van der Waals surface area contributed by atoms with Crippen LogP contribution in [0.4, 0.5) is 11.4 Å². The topological polar surface area (TPSA) is 54.0 Å². The van der Waals surface area contributed by atoms with Gasteiger partial charge in [0.2, 0.25) is 0 Å². The first kappa shape index (κ1) is 19.3. The van der Waals surface area contributed by atoms with Gasteiger partial charge in [0.25, 0.3) is 5.91 Å². The molecule has 1 fully saturated rings. The van der Waals surface area contributed by atoms with Crippen molar-refractivity contribution in [2.75, 3.05) is 44.7 Å². The van der Waals surface area contributed by atoms with Gasteiger partial charge in [0.15, 0.2) is 6.10 Å². The number of para-hydroxylation sites is 1. The minimum Gasteiger partial charge on any atom is -0.495 e. The molecule has 3 aliphatic rings. The highest BCUT2D eigenvalue weighted by molar-refractivity contribution is 6.31. The number of carbonyl (C=O) groups excluding carboxylic acids is 1. The fourth-order valence-corrected chi connectivity index (χ4v) is 4.69. The molecule has 0 bridgehead atoms. The normalized spacial score (nSPS) is 19.9. The van der Waals surface area contributed by atoms with Gasteiger partial charge in [-0.2, -0.15) is 0 Å². The van der Waals surface area contributed by atoms with Crippen LogP contribution in [0.1, 0.15) is 11.1 Å². The molecule has 0 spiro atoms. The number of nitrogens with zero attached hydrogens (tertiary/aromatic N) is 2. The van der Waals surface area contributed by atoms with E-state index in [1.54, 1.807) is 7.11 Å². The molecular formula is C23H24ClN3O3. The van der Waals surface area contributed by atoms with Gasteiger partial charge in [0.05, 0.1) is 18.5 Å². The maximum Gasteiger partial charge on any atom is 0.264 e. The Labute approximate surface area is 181 Å². The van der Waals surface area contributed by atoms with Crippen molar-refractivity contribution in [3.8, 4) is 11.5 Å². The maximum absolute atomic E-state index is 13.0. The molecule has 1 N–H and O–H groups in total. The summed E-state index contributed by atoms with van der Waals surface area (Å²) in [7, 11) is 1.67. The molecule has 3 heterocycles. The highest BCUT2D eigenvalue weighted by Gasteiger charge is 2.36. The first-order valence-electron chi connectivity index (χ1n) is 10.3. The molecule has 0 saturated carbocycles. The molecule has 0 aromatic heterocycles. The number of fused-ring (bicyclic) bond motifs is 2. The van der Waals surface area contributed by atoms with Crippen LogP contribution in [-0.2, 0) is 11.2 Å². The van der Waals surface area contributed by atoms with Gasteiger partial charge in [-0.25, -0.2) is 0 Å². The Hall–Kier alpha value is -2.70. The van der Waals surface area contributed by atoms with Crippen LogP contribution < -0.4 is 19.7 Å². The van der Waals surface area contributed by atoms with Crippen LogP contribution >= 0.6 is 11.6 Å². The van der Waals surface area contributed by atoms with E-state index < -0.39 is 6.10 Å². The van der Waals surface area contributed by atoms with Crippen molar-refractivity contribution in [3.63, 3.8) is 0 Å². The van der Waals surface area contributed by atoms with Crippen molar-refractivity contribution in [3.05, 3.63) is 52.6 Å². The van der Waals surface area contributed by atoms with Crippen molar-refractivity contribution >= 4 is 35.0 Å². The van der Waals surface area contributed by atoms with Crippen LogP contribution in [0, 0.1) is 0 Å². The van der Waals surface area contributed by atoms with Crippen molar-refractivity contribution in [2.24, 2.45) is 0 Å². The molecule has 30 heavy (non-hydrogen) atoms. The molecule has 0 aliphatic carbocycles. The summed E-state index contributed by atoms with van der Waals surface area (Å²) >= 11 is 6.49. The number of anilines is 2. The summed E-state index contributed by atoms with van der Waals surface area (Å²) in [6, 6.07) is 9.81. The van der Waals surface area contributed by atoms with E-state index in [0.29, 0.717) is 31.1 Å². The van der Waals surface area contributed by atoms with E-state index in [9.17, 15) is 4.79 Å². The number of amides is 1. The monoisotopic (exact) mass is 425 g/mol. The second-order valence-electron chi connectivity index (χ2n) is 7.71. The fourth-order valence-electron chi connectivity index (χ4n) is 4.46. The molecule has 2 aromatic carbocycles. The molecule has 0 unspecified atom stereocenters. The molecule has 1 amide bonds. The van der Waals surface area contributed by atoms with Crippen molar-refractivity contribution in [1.82, 2.24) is 10.2 Å². The average molecular weight is 426 g/mol. The highest BCUT2D eigenvalue weighted by Crippen LogP contribution is 2.47. The number of halogens is 1. The Bertz CT molecular complexity index is 1020. The summed E-state index contributed by atoms with van der Waals surface area (Å²) in [6.07, 6.45) is 4.23. The lowest BCUT2D eigenvalue weighted by molar-refractivity contribution is -0.138. The Balaban J connectivity index is 1.51. The summed E-state index contributed by atoms with van der Waals surface area (Å²) in [5.74, 6) is 1.57. The Morgan fingerprint density at radius 2 is 2.10 bits per heavy atom. The van der Waals surface area contributed by atoms with Crippen molar-refractivity contribution < 1.29 is 14.3 Å². The number of piperazine rings is 1. The summed E-state index contributed by atoms with van der Waals surface area (Å²) in [5, 5.41) is 3.91. The number of hydrogen-bond donors (Lipinski definition) is 1. The van der Waals surface area contributed by atoms with Crippen molar-refractivity contribution in [1.29, 1.82) is 0 Å². The van der Waals surface area contributed by atoms with E-state index in [1.807, 2.05) is 29.2 Å². The predicted octanol–water partition coefficient (Wildman–Crippen LogP) is 3.25. The SMILES string of the molecule is COc1cccc2c1N(c1cc(Cl)cc3c1O[C@@H](C(=O)N1CCNCC1)C3)CC=C2. The highest BCUT2D eigenvalue weighted by atomic mass is 35.5. The van der Waals surface area contributed by atoms with Gasteiger partial charge in [0.1, 0.15) is 11.5 Å². The first-order chi connectivity index (χ1) is 14.7. The number of rotatable bonds is 3. The smallest absolute Gasteiger partial charge is 0.264 e. The van der Waals surface area contributed by atoms with E-state index in [0.717, 1.165) is 47.1 Å². The zero-order valence-electron chi connectivity index (χ0n) is 16.9. The second kappa shape index (κ2) is 7.85. The van der Waals surface area contributed by atoms with Crippen LogP contribution in [0.3, 0.4) is 0 Å². The maximum atomic E-state index is 13.0. The fraction of sp³-hybridized carbons (Fsp3) is 0.348. The van der Waals surface area contributed by atoms with Crippen molar-refractivity contribution in [2.45, 2.75) is 12.5 Å². The van der Waals surface area contributed by atoms with E-state index in [4.69, 9.17) is 21.1 Å². The zero-order valence-corrected chi connectivity index (χ0v) is 17.6. The van der Waals surface area contributed by atoms with Crippen LogP contribution in [0.15, 0.2) is 36.4 Å². The minimum absolute atomic E-state index is 0.0475. The lowest BCUT2D eigenvalue weighted by Crippen LogP contribution is -2.50.